The highest BCUT2D eigenvalue weighted by molar-refractivity contribution is 9.10. The fourth-order valence-corrected chi connectivity index (χ4v) is 1.92. The molecule has 1 aromatic carbocycles. The van der Waals surface area contributed by atoms with Gasteiger partial charge in [-0.15, -0.1) is 0 Å². The summed E-state index contributed by atoms with van der Waals surface area (Å²) in [6, 6.07) is 10.8. The number of carbonyl (C=O) groups excluding carboxylic acids is 1. The molecule has 1 amide bonds. The topological polar surface area (TPSA) is 51.2 Å². The van der Waals surface area contributed by atoms with Crippen LogP contribution in [0.25, 0.3) is 0 Å². The zero-order chi connectivity index (χ0) is 14.9. The van der Waals surface area contributed by atoms with Crippen molar-refractivity contribution in [2.45, 2.75) is 0 Å². The number of aromatic nitrogens is 1. The van der Waals surface area contributed by atoms with E-state index < -0.39 is 0 Å². The molecule has 0 aliphatic carbocycles. The predicted molar refractivity (Wildman–Crippen MR) is 84.0 cm³/mol. The van der Waals surface area contributed by atoms with Gasteiger partial charge in [-0.25, -0.2) is 0 Å². The van der Waals surface area contributed by atoms with Gasteiger partial charge < -0.3 is 10.1 Å². The van der Waals surface area contributed by atoms with Crippen molar-refractivity contribution in [3.05, 3.63) is 58.8 Å². The monoisotopic (exact) mass is 344 g/mol. The Kier molecular flexibility index (Phi) is 5.80. The van der Waals surface area contributed by atoms with Gasteiger partial charge in [0, 0.05) is 16.2 Å². The third kappa shape index (κ3) is 5.28. The van der Waals surface area contributed by atoms with Crippen molar-refractivity contribution in [3.63, 3.8) is 0 Å². The van der Waals surface area contributed by atoms with Crippen molar-refractivity contribution in [1.82, 2.24) is 10.3 Å². The van der Waals surface area contributed by atoms with Crippen molar-refractivity contribution in [1.29, 1.82) is 0 Å². The van der Waals surface area contributed by atoms with E-state index in [-0.39, 0.29) is 19.1 Å². The third-order valence-electron chi connectivity index (χ3n) is 2.49. The van der Waals surface area contributed by atoms with Crippen LogP contribution in [0, 0.1) is 11.8 Å². The summed E-state index contributed by atoms with van der Waals surface area (Å²) in [4.78, 5) is 15.7. The SMILES string of the molecule is O=C(NCC#CCOc1cccnc1)c1cccc(Br)c1. The van der Waals surface area contributed by atoms with Gasteiger partial charge in [0.2, 0.25) is 0 Å². The van der Waals surface area contributed by atoms with Gasteiger partial charge in [0.1, 0.15) is 12.4 Å². The minimum absolute atomic E-state index is 0.154. The van der Waals surface area contributed by atoms with E-state index in [1.165, 1.54) is 0 Å². The Morgan fingerprint density at radius 1 is 1.29 bits per heavy atom. The number of rotatable bonds is 4. The van der Waals surface area contributed by atoms with Crippen LogP contribution in [0.4, 0.5) is 0 Å². The van der Waals surface area contributed by atoms with Gasteiger partial charge in [0.25, 0.3) is 5.91 Å². The molecule has 0 fully saturated rings. The molecule has 0 saturated heterocycles. The zero-order valence-corrected chi connectivity index (χ0v) is 12.8. The number of halogens is 1. The normalized spacial score (nSPS) is 9.38. The predicted octanol–water partition coefficient (Wildman–Crippen LogP) is 2.66. The number of hydrogen-bond donors (Lipinski definition) is 1. The number of amides is 1. The summed E-state index contributed by atoms with van der Waals surface area (Å²) in [5, 5.41) is 2.72. The first-order valence-corrected chi connectivity index (χ1v) is 7.07. The summed E-state index contributed by atoms with van der Waals surface area (Å²) >= 11 is 3.33. The molecule has 5 heteroatoms. The maximum atomic E-state index is 11.8. The first kappa shape index (κ1) is 15.1. The van der Waals surface area contributed by atoms with Crippen molar-refractivity contribution in [3.8, 4) is 17.6 Å². The highest BCUT2D eigenvalue weighted by Crippen LogP contribution is 2.11. The Labute approximate surface area is 131 Å². The highest BCUT2D eigenvalue weighted by Gasteiger charge is 2.03. The third-order valence-corrected chi connectivity index (χ3v) is 2.99. The van der Waals surface area contributed by atoms with Gasteiger partial charge in [-0.3, -0.25) is 9.78 Å². The largest absolute Gasteiger partial charge is 0.479 e. The molecule has 0 bridgehead atoms. The first-order valence-electron chi connectivity index (χ1n) is 6.28. The molecular weight excluding hydrogens is 332 g/mol. The van der Waals surface area contributed by atoms with Gasteiger partial charge in [0.15, 0.2) is 0 Å². The van der Waals surface area contributed by atoms with E-state index in [0.29, 0.717) is 11.3 Å². The Balaban J connectivity index is 1.72. The van der Waals surface area contributed by atoms with Gasteiger partial charge in [-0.1, -0.05) is 33.8 Å². The van der Waals surface area contributed by atoms with Crippen molar-refractivity contribution in [2.75, 3.05) is 13.2 Å². The van der Waals surface area contributed by atoms with Crippen LogP contribution in [-0.4, -0.2) is 24.0 Å². The van der Waals surface area contributed by atoms with E-state index in [1.54, 1.807) is 30.6 Å². The lowest BCUT2D eigenvalue weighted by Gasteiger charge is -2.01. The van der Waals surface area contributed by atoms with Crippen molar-refractivity contribution < 1.29 is 9.53 Å². The van der Waals surface area contributed by atoms with Crippen LogP contribution in [0.15, 0.2) is 53.3 Å². The molecule has 21 heavy (non-hydrogen) atoms. The number of pyridine rings is 1. The summed E-state index contributed by atoms with van der Waals surface area (Å²) in [6.45, 7) is 0.542. The Morgan fingerprint density at radius 3 is 2.95 bits per heavy atom. The van der Waals surface area contributed by atoms with E-state index in [1.807, 2.05) is 18.2 Å². The van der Waals surface area contributed by atoms with Gasteiger partial charge in [0.05, 0.1) is 12.7 Å². The van der Waals surface area contributed by atoms with Gasteiger partial charge in [-0.05, 0) is 30.3 Å². The van der Waals surface area contributed by atoms with Crippen LogP contribution in [0.5, 0.6) is 5.75 Å². The molecular formula is C16H13BrN2O2. The van der Waals surface area contributed by atoms with Crippen molar-refractivity contribution >= 4 is 21.8 Å². The minimum Gasteiger partial charge on any atom is -0.479 e. The van der Waals surface area contributed by atoms with E-state index in [9.17, 15) is 4.79 Å². The maximum absolute atomic E-state index is 11.8. The number of hydrogen-bond acceptors (Lipinski definition) is 3. The average molecular weight is 345 g/mol. The zero-order valence-electron chi connectivity index (χ0n) is 11.2. The van der Waals surface area contributed by atoms with E-state index in [4.69, 9.17) is 4.74 Å². The fraction of sp³-hybridized carbons (Fsp3) is 0.125. The molecule has 2 rings (SSSR count). The Morgan fingerprint density at radius 2 is 2.19 bits per heavy atom. The summed E-state index contributed by atoms with van der Waals surface area (Å²) in [7, 11) is 0. The van der Waals surface area contributed by atoms with Gasteiger partial charge >= 0.3 is 0 Å². The van der Waals surface area contributed by atoms with Crippen LogP contribution in [0.1, 0.15) is 10.4 Å². The van der Waals surface area contributed by atoms with E-state index in [2.05, 4.69) is 38.1 Å². The molecule has 0 spiro atoms. The van der Waals surface area contributed by atoms with Crippen LogP contribution >= 0.6 is 15.9 Å². The molecule has 1 N–H and O–H groups in total. The average Bonchev–Trinajstić information content (AvgIpc) is 2.51. The molecule has 1 heterocycles. The molecule has 0 aliphatic heterocycles. The highest BCUT2D eigenvalue weighted by atomic mass is 79.9. The second kappa shape index (κ2) is 8.08. The minimum atomic E-state index is -0.154. The summed E-state index contributed by atoms with van der Waals surface area (Å²) in [5.74, 6) is 6.18. The van der Waals surface area contributed by atoms with E-state index in [0.717, 1.165) is 4.47 Å². The molecule has 2 aromatic rings. The number of nitrogens with zero attached hydrogens (tertiary/aromatic N) is 1. The second-order valence-corrected chi connectivity index (χ2v) is 4.94. The molecule has 0 unspecified atom stereocenters. The van der Waals surface area contributed by atoms with Crippen molar-refractivity contribution in [2.24, 2.45) is 0 Å². The quantitative estimate of drug-likeness (QED) is 0.867. The lowest BCUT2D eigenvalue weighted by molar-refractivity contribution is 0.0958. The Hall–Kier alpha value is -2.32. The molecule has 0 saturated carbocycles. The Bertz CT molecular complexity index is 663. The van der Waals surface area contributed by atoms with Crippen LogP contribution < -0.4 is 10.1 Å². The maximum Gasteiger partial charge on any atom is 0.252 e. The van der Waals surface area contributed by atoms with Gasteiger partial charge in [-0.2, -0.15) is 0 Å². The molecule has 0 atom stereocenters. The second-order valence-electron chi connectivity index (χ2n) is 4.02. The molecule has 1 aromatic heterocycles. The summed E-state index contributed by atoms with van der Waals surface area (Å²) in [6.07, 6.45) is 3.30. The molecule has 0 radical (unpaired) electrons. The summed E-state index contributed by atoms with van der Waals surface area (Å²) in [5.41, 5.74) is 0.595. The number of ether oxygens (including phenoxy) is 1. The smallest absolute Gasteiger partial charge is 0.252 e. The fourth-order valence-electron chi connectivity index (χ4n) is 1.52. The van der Waals surface area contributed by atoms with Crippen LogP contribution in [-0.2, 0) is 0 Å². The molecule has 4 nitrogen and oxygen atoms in total. The number of carbonyl (C=O) groups is 1. The van der Waals surface area contributed by atoms with E-state index >= 15 is 0 Å². The van der Waals surface area contributed by atoms with Crippen LogP contribution in [0.3, 0.4) is 0 Å². The standard InChI is InChI=1S/C16H13BrN2O2/c17-14-6-3-5-13(11-14)16(20)19-9-1-2-10-21-15-7-4-8-18-12-15/h3-8,11-12H,9-10H2,(H,19,20). The lowest BCUT2D eigenvalue weighted by Crippen LogP contribution is -2.23. The molecule has 0 aliphatic rings. The summed E-state index contributed by atoms with van der Waals surface area (Å²) < 4.78 is 6.23. The number of nitrogens with one attached hydrogen (secondary N) is 1. The van der Waals surface area contributed by atoms with Crippen LogP contribution in [0.2, 0.25) is 0 Å². The number of benzene rings is 1. The first-order chi connectivity index (χ1) is 10.3. The molecule has 106 valence electrons. The lowest BCUT2D eigenvalue weighted by atomic mass is 10.2.